The Morgan fingerprint density at radius 1 is 0.941 bits per heavy atom. The van der Waals surface area contributed by atoms with Crippen LogP contribution in [0.3, 0.4) is 0 Å². The van der Waals surface area contributed by atoms with Crippen molar-refractivity contribution in [2.75, 3.05) is 5.73 Å². The summed E-state index contributed by atoms with van der Waals surface area (Å²) >= 11 is 5.76. The Hall–Kier alpha value is -1.52. The first-order valence-corrected chi connectivity index (χ1v) is 6.37. The summed E-state index contributed by atoms with van der Waals surface area (Å²) in [6, 6.07) is 17.5. The Morgan fingerprint density at radius 3 is 2.18 bits per heavy atom. The highest BCUT2D eigenvalue weighted by molar-refractivity contribution is 7.82. The summed E-state index contributed by atoms with van der Waals surface area (Å²) in [5, 5.41) is 0. The van der Waals surface area contributed by atoms with E-state index in [2.05, 4.69) is 17.6 Å². The molecule has 0 amide bonds. The zero-order valence-corrected chi connectivity index (χ0v) is 10.8. The highest BCUT2D eigenvalue weighted by Gasteiger charge is 1.96. The summed E-state index contributed by atoms with van der Waals surface area (Å²) in [5.74, 6) is 0. The summed E-state index contributed by atoms with van der Waals surface area (Å²) < 4.78 is 2.04. The lowest BCUT2D eigenvalue weighted by molar-refractivity contribution is 1.31. The average molecular weight is 260 g/mol. The van der Waals surface area contributed by atoms with Gasteiger partial charge in [0.25, 0.3) is 0 Å². The van der Waals surface area contributed by atoms with Crippen LogP contribution in [-0.4, -0.2) is 4.98 Å². The standard InChI is InChI=1S/C7H5NS2.C6H7N/c9-7-8-5-3-1-2-4-6(5)10-7;7-6-4-2-1-3-5-6/h1-4H,(H,8,9);1-5H,7H2. The highest BCUT2D eigenvalue weighted by Crippen LogP contribution is 2.23. The van der Waals surface area contributed by atoms with Crippen LogP contribution in [0.25, 0.3) is 10.2 Å². The van der Waals surface area contributed by atoms with Crippen LogP contribution in [-0.2, 0) is 0 Å². The first-order valence-electron chi connectivity index (χ1n) is 5.11. The summed E-state index contributed by atoms with van der Waals surface area (Å²) in [4.78, 5) is 4.20. The Morgan fingerprint density at radius 2 is 1.59 bits per heavy atom. The van der Waals surface area contributed by atoms with E-state index >= 15 is 0 Å². The molecule has 17 heavy (non-hydrogen) atoms. The van der Waals surface area contributed by atoms with Crippen LogP contribution in [0, 0.1) is 0 Å². The van der Waals surface area contributed by atoms with Gasteiger partial charge in [-0.25, -0.2) is 4.98 Å². The first-order chi connectivity index (χ1) is 8.25. The topological polar surface area (TPSA) is 38.9 Å². The van der Waals surface area contributed by atoms with Gasteiger partial charge in [0, 0.05) is 5.69 Å². The normalized spacial score (nSPS) is 9.71. The molecule has 0 unspecified atom stereocenters. The number of nitrogens with zero attached hydrogens (tertiary/aromatic N) is 1. The molecule has 1 heterocycles. The summed E-state index contributed by atoms with van der Waals surface area (Å²) in [5.41, 5.74) is 7.22. The van der Waals surface area contributed by atoms with Crippen molar-refractivity contribution in [3.63, 3.8) is 0 Å². The van der Waals surface area contributed by atoms with E-state index in [1.807, 2.05) is 54.6 Å². The lowest BCUT2D eigenvalue weighted by Gasteiger charge is -1.83. The molecule has 0 saturated heterocycles. The van der Waals surface area contributed by atoms with Gasteiger partial charge in [-0.3, -0.25) is 0 Å². The van der Waals surface area contributed by atoms with Crippen molar-refractivity contribution in [1.82, 2.24) is 4.98 Å². The number of hydrogen-bond acceptors (Lipinski definition) is 4. The van der Waals surface area contributed by atoms with Gasteiger partial charge < -0.3 is 5.73 Å². The molecule has 0 bridgehead atoms. The molecule has 2 N–H and O–H groups in total. The zero-order valence-electron chi connectivity index (χ0n) is 9.08. The minimum atomic E-state index is 0.822. The van der Waals surface area contributed by atoms with Crippen LogP contribution >= 0.6 is 24.0 Å². The van der Waals surface area contributed by atoms with Gasteiger partial charge in [0.2, 0.25) is 0 Å². The Balaban J connectivity index is 0.000000136. The fourth-order valence-corrected chi connectivity index (χ4v) is 2.42. The maximum atomic E-state index is 5.36. The van der Waals surface area contributed by atoms with Gasteiger partial charge in [-0.2, -0.15) is 0 Å². The van der Waals surface area contributed by atoms with Crippen molar-refractivity contribution >= 4 is 39.9 Å². The number of fused-ring (bicyclic) bond motifs is 1. The zero-order chi connectivity index (χ0) is 12.1. The number of nitrogens with two attached hydrogens (primary N) is 1. The predicted molar refractivity (Wildman–Crippen MR) is 77.7 cm³/mol. The second-order valence-corrected chi connectivity index (χ2v) is 5.13. The van der Waals surface area contributed by atoms with Crippen LogP contribution in [0.15, 0.2) is 58.9 Å². The van der Waals surface area contributed by atoms with Crippen LogP contribution in [0.1, 0.15) is 0 Å². The molecule has 3 aromatic rings. The molecular formula is C13H12N2S2. The van der Waals surface area contributed by atoms with Crippen LogP contribution in [0.2, 0.25) is 0 Å². The monoisotopic (exact) mass is 260 g/mol. The number of nitrogen functional groups attached to an aromatic ring is 1. The molecule has 1 aromatic heterocycles. The molecule has 0 aliphatic carbocycles. The number of thiol groups is 1. The number of benzene rings is 2. The second kappa shape index (κ2) is 5.70. The summed E-state index contributed by atoms with van der Waals surface area (Å²) in [6.45, 7) is 0. The van der Waals surface area contributed by atoms with Gasteiger partial charge in [-0.1, -0.05) is 30.3 Å². The van der Waals surface area contributed by atoms with E-state index in [0.717, 1.165) is 15.5 Å². The van der Waals surface area contributed by atoms with Crippen LogP contribution < -0.4 is 5.73 Å². The fraction of sp³-hybridized carbons (Fsp3) is 0. The molecule has 2 aromatic carbocycles. The van der Waals surface area contributed by atoms with Crippen molar-refractivity contribution < 1.29 is 0 Å². The molecule has 4 heteroatoms. The lowest BCUT2D eigenvalue weighted by Crippen LogP contribution is -1.79. The molecule has 3 rings (SSSR count). The minimum absolute atomic E-state index is 0.822. The van der Waals surface area contributed by atoms with Crippen LogP contribution in [0.5, 0.6) is 0 Å². The van der Waals surface area contributed by atoms with E-state index in [1.165, 1.54) is 4.70 Å². The first kappa shape index (κ1) is 12.0. The Bertz CT molecular complexity index is 557. The number of anilines is 1. The molecule has 0 radical (unpaired) electrons. The number of aromatic nitrogens is 1. The SMILES string of the molecule is Nc1ccccc1.Sc1nc2ccccc2s1. The van der Waals surface area contributed by atoms with Gasteiger partial charge >= 0.3 is 0 Å². The number of hydrogen-bond donors (Lipinski definition) is 2. The van der Waals surface area contributed by atoms with Gasteiger partial charge in [0.15, 0.2) is 0 Å². The molecule has 0 fully saturated rings. The van der Waals surface area contributed by atoms with Gasteiger partial charge in [0.1, 0.15) is 4.34 Å². The van der Waals surface area contributed by atoms with E-state index in [4.69, 9.17) is 5.73 Å². The third-order valence-corrected chi connectivity index (χ3v) is 3.30. The third-order valence-electron chi connectivity index (χ3n) is 2.08. The number of rotatable bonds is 0. The lowest BCUT2D eigenvalue weighted by atomic mass is 10.3. The summed E-state index contributed by atoms with van der Waals surface area (Å²) in [6.07, 6.45) is 0. The van der Waals surface area contributed by atoms with Gasteiger partial charge in [0.05, 0.1) is 10.2 Å². The van der Waals surface area contributed by atoms with Crippen LogP contribution in [0.4, 0.5) is 5.69 Å². The highest BCUT2D eigenvalue weighted by atomic mass is 32.2. The maximum absolute atomic E-state index is 5.36. The van der Waals surface area contributed by atoms with E-state index in [1.54, 1.807) is 11.3 Å². The van der Waals surface area contributed by atoms with E-state index in [9.17, 15) is 0 Å². The smallest absolute Gasteiger partial charge is 0.148 e. The summed E-state index contributed by atoms with van der Waals surface area (Å²) in [7, 11) is 0. The van der Waals surface area contributed by atoms with Crippen molar-refractivity contribution in [2.24, 2.45) is 0 Å². The Kier molecular flexibility index (Phi) is 4.01. The average Bonchev–Trinajstić information content (AvgIpc) is 2.71. The molecule has 2 nitrogen and oxygen atoms in total. The maximum Gasteiger partial charge on any atom is 0.148 e. The van der Waals surface area contributed by atoms with Crippen molar-refractivity contribution in [1.29, 1.82) is 0 Å². The second-order valence-electron chi connectivity index (χ2n) is 3.37. The molecular weight excluding hydrogens is 248 g/mol. The fourth-order valence-electron chi connectivity index (χ4n) is 1.31. The van der Waals surface area contributed by atoms with Gasteiger partial charge in [-0.05, 0) is 24.3 Å². The molecule has 0 spiro atoms. The number of thiazole rings is 1. The van der Waals surface area contributed by atoms with E-state index < -0.39 is 0 Å². The van der Waals surface area contributed by atoms with Crippen molar-refractivity contribution in [3.8, 4) is 0 Å². The number of para-hydroxylation sites is 2. The molecule has 0 aliphatic rings. The Labute approximate surface area is 110 Å². The molecule has 0 aliphatic heterocycles. The van der Waals surface area contributed by atoms with Gasteiger partial charge in [-0.15, -0.1) is 24.0 Å². The minimum Gasteiger partial charge on any atom is -0.399 e. The molecule has 0 saturated carbocycles. The quantitative estimate of drug-likeness (QED) is 0.476. The predicted octanol–water partition coefficient (Wildman–Crippen LogP) is 3.85. The van der Waals surface area contributed by atoms with Crippen molar-refractivity contribution in [2.45, 2.75) is 4.34 Å². The van der Waals surface area contributed by atoms with E-state index in [0.29, 0.717) is 0 Å². The van der Waals surface area contributed by atoms with Crippen molar-refractivity contribution in [3.05, 3.63) is 54.6 Å². The third kappa shape index (κ3) is 3.47. The molecule has 0 atom stereocenters. The van der Waals surface area contributed by atoms with E-state index in [-0.39, 0.29) is 0 Å². The largest absolute Gasteiger partial charge is 0.399 e. The molecule has 86 valence electrons.